The smallest absolute Gasteiger partial charge is 0.264 e. The van der Waals surface area contributed by atoms with E-state index in [0.717, 1.165) is 26.7 Å². The van der Waals surface area contributed by atoms with E-state index in [9.17, 15) is 13.2 Å². The highest BCUT2D eigenvalue weighted by Gasteiger charge is 2.35. The molecule has 0 aliphatic carbocycles. The van der Waals surface area contributed by atoms with Crippen LogP contribution in [0, 0.1) is 13.8 Å². The summed E-state index contributed by atoms with van der Waals surface area (Å²) in [5.74, 6) is 0.356. The van der Waals surface area contributed by atoms with Gasteiger partial charge in [-0.1, -0.05) is 53.6 Å². The molecule has 1 atom stereocenters. The van der Waals surface area contributed by atoms with Crippen molar-refractivity contribution in [3.63, 3.8) is 0 Å². The Morgan fingerprint density at radius 1 is 1.00 bits per heavy atom. The molecule has 1 aliphatic heterocycles. The van der Waals surface area contributed by atoms with E-state index in [4.69, 9.17) is 4.74 Å². The number of carbonyl (C=O) groups excluding carboxylic acids is 1. The lowest BCUT2D eigenvalue weighted by Crippen LogP contribution is -2.45. The van der Waals surface area contributed by atoms with E-state index in [2.05, 4.69) is 5.32 Å². The third-order valence-electron chi connectivity index (χ3n) is 5.90. The average Bonchev–Trinajstić information content (AvgIpc) is 2.78. The van der Waals surface area contributed by atoms with Crippen LogP contribution in [0.1, 0.15) is 43.0 Å². The van der Waals surface area contributed by atoms with Gasteiger partial charge in [-0.3, -0.25) is 9.10 Å². The summed E-state index contributed by atoms with van der Waals surface area (Å²) in [5.41, 5.74) is 2.89. The van der Waals surface area contributed by atoms with Crippen molar-refractivity contribution in [3.05, 3.63) is 89.5 Å². The van der Waals surface area contributed by atoms with Crippen LogP contribution in [0.4, 0.5) is 5.69 Å². The number of nitrogens with one attached hydrogen (secondary N) is 1. The second-order valence-corrected chi connectivity index (χ2v) is 11.2. The lowest BCUT2D eigenvalue weighted by atomic mass is 9.89. The molecule has 4 rings (SSSR count). The van der Waals surface area contributed by atoms with E-state index in [-0.39, 0.29) is 23.4 Å². The van der Waals surface area contributed by atoms with Gasteiger partial charge in [-0.05, 0) is 58.0 Å². The quantitative estimate of drug-likeness (QED) is 0.546. The molecule has 1 amide bonds. The van der Waals surface area contributed by atoms with Gasteiger partial charge in [0, 0.05) is 12.0 Å². The van der Waals surface area contributed by atoms with Crippen LogP contribution in [-0.4, -0.2) is 26.5 Å². The molecule has 1 unspecified atom stereocenters. The second-order valence-electron chi connectivity index (χ2n) is 9.39. The highest BCUT2D eigenvalue weighted by atomic mass is 32.2. The zero-order valence-electron chi connectivity index (χ0n) is 19.9. The molecule has 6 nitrogen and oxygen atoms in total. The molecule has 3 aromatic rings. The fourth-order valence-electron chi connectivity index (χ4n) is 4.22. The van der Waals surface area contributed by atoms with Crippen molar-refractivity contribution < 1.29 is 17.9 Å². The number of anilines is 1. The number of carbonyl (C=O) groups is 1. The molecule has 0 saturated carbocycles. The maximum Gasteiger partial charge on any atom is 0.264 e. The minimum Gasteiger partial charge on any atom is -0.487 e. The molecule has 0 aromatic heterocycles. The SMILES string of the molecule is Cc1ccc(S(=O)(=O)N(CC(=O)NC2CC(C)(C)Oc3ccc(C)cc32)c2ccccc2)cc1. The van der Waals surface area contributed by atoms with Gasteiger partial charge >= 0.3 is 0 Å². The third kappa shape index (κ3) is 5.09. The minimum atomic E-state index is -3.95. The van der Waals surface area contributed by atoms with Crippen LogP contribution in [0.2, 0.25) is 0 Å². The van der Waals surface area contributed by atoms with Gasteiger partial charge in [0.2, 0.25) is 5.91 Å². The predicted octanol–water partition coefficient (Wildman–Crippen LogP) is 4.92. The van der Waals surface area contributed by atoms with Crippen LogP contribution in [0.15, 0.2) is 77.7 Å². The van der Waals surface area contributed by atoms with Crippen LogP contribution in [0.5, 0.6) is 5.75 Å². The summed E-state index contributed by atoms with van der Waals surface area (Å²) in [6, 6.07) is 21.0. The molecule has 0 bridgehead atoms. The molecule has 7 heteroatoms. The topological polar surface area (TPSA) is 75.7 Å². The van der Waals surface area contributed by atoms with Crippen LogP contribution in [0.3, 0.4) is 0 Å². The van der Waals surface area contributed by atoms with Crippen molar-refractivity contribution in [2.75, 3.05) is 10.8 Å². The molecule has 0 fully saturated rings. The number of nitrogens with zero attached hydrogens (tertiary/aromatic N) is 1. The number of hydrogen-bond acceptors (Lipinski definition) is 4. The van der Waals surface area contributed by atoms with Crippen molar-refractivity contribution in [3.8, 4) is 5.75 Å². The number of fused-ring (bicyclic) bond motifs is 1. The van der Waals surface area contributed by atoms with Crippen molar-refractivity contribution in [1.29, 1.82) is 0 Å². The number of rotatable bonds is 6. The number of aryl methyl sites for hydroxylation is 2. The largest absolute Gasteiger partial charge is 0.487 e. The van der Waals surface area contributed by atoms with Gasteiger partial charge in [0.1, 0.15) is 17.9 Å². The standard InChI is InChI=1S/C27H30N2O4S/c1-19-10-13-22(14-11-19)34(31,32)29(21-8-6-5-7-9-21)18-26(30)28-24-17-27(3,4)33-25-15-12-20(2)16-23(24)25/h5-16,24H,17-18H2,1-4H3,(H,28,30). The zero-order chi connectivity index (χ0) is 24.5. The van der Waals surface area contributed by atoms with E-state index in [1.807, 2.05) is 52.0 Å². The summed E-state index contributed by atoms with van der Waals surface area (Å²) in [4.78, 5) is 13.4. The van der Waals surface area contributed by atoms with Crippen LogP contribution in [0.25, 0.3) is 0 Å². The summed E-state index contributed by atoms with van der Waals surface area (Å²) in [7, 11) is -3.95. The Morgan fingerprint density at radius 3 is 2.32 bits per heavy atom. The maximum atomic E-state index is 13.5. The van der Waals surface area contributed by atoms with E-state index in [0.29, 0.717) is 12.1 Å². The molecule has 1 N–H and O–H groups in total. The van der Waals surface area contributed by atoms with Gasteiger partial charge in [-0.15, -0.1) is 0 Å². The van der Waals surface area contributed by atoms with Crippen molar-refractivity contribution in [2.45, 2.75) is 50.7 Å². The molecule has 1 heterocycles. The van der Waals surface area contributed by atoms with Crippen LogP contribution < -0.4 is 14.4 Å². The Hall–Kier alpha value is -3.32. The first-order valence-corrected chi connectivity index (χ1v) is 12.7. The summed E-state index contributed by atoms with van der Waals surface area (Å²) in [6.07, 6.45) is 0.575. The van der Waals surface area contributed by atoms with Crippen molar-refractivity contribution in [1.82, 2.24) is 5.32 Å². The summed E-state index contributed by atoms with van der Waals surface area (Å²) < 4.78 is 34.3. The fraction of sp³-hybridized carbons (Fsp3) is 0.296. The molecule has 3 aromatic carbocycles. The molecule has 0 saturated heterocycles. The number of para-hydroxylation sites is 1. The Morgan fingerprint density at radius 2 is 1.65 bits per heavy atom. The maximum absolute atomic E-state index is 13.5. The van der Waals surface area contributed by atoms with E-state index in [1.54, 1.807) is 48.5 Å². The lowest BCUT2D eigenvalue weighted by molar-refractivity contribution is -0.120. The lowest BCUT2D eigenvalue weighted by Gasteiger charge is -2.38. The van der Waals surface area contributed by atoms with Gasteiger partial charge < -0.3 is 10.1 Å². The Bertz CT molecular complexity index is 1290. The minimum absolute atomic E-state index is 0.142. The first-order chi connectivity index (χ1) is 16.0. The number of ether oxygens (including phenoxy) is 1. The van der Waals surface area contributed by atoms with Gasteiger partial charge in [0.25, 0.3) is 10.0 Å². The number of amides is 1. The molecule has 178 valence electrons. The first-order valence-electron chi connectivity index (χ1n) is 11.3. The molecule has 34 heavy (non-hydrogen) atoms. The Labute approximate surface area is 201 Å². The molecule has 0 radical (unpaired) electrons. The molecule has 0 spiro atoms. The van der Waals surface area contributed by atoms with E-state index >= 15 is 0 Å². The number of hydrogen-bond donors (Lipinski definition) is 1. The van der Waals surface area contributed by atoms with Crippen molar-refractivity contribution >= 4 is 21.6 Å². The highest BCUT2D eigenvalue weighted by Crippen LogP contribution is 2.40. The van der Waals surface area contributed by atoms with Gasteiger partial charge in [-0.25, -0.2) is 8.42 Å². The number of benzene rings is 3. The normalized spacial score (nSPS) is 16.8. The third-order valence-corrected chi connectivity index (χ3v) is 7.69. The van der Waals surface area contributed by atoms with Gasteiger partial charge in [0.05, 0.1) is 16.6 Å². The Balaban J connectivity index is 1.64. The summed E-state index contributed by atoms with van der Waals surface area (Å²) >= 11 is 0. The fourth-order valence-corrected chi connectivity index (χ4v) is 5.64. The van der Waals surface area contributed by atoms with Gasteiger partial charge in [-0.2, -0.15) is 0 Å². The number of sulfonamides is 1. The molecular formula is C27H30N2O4S. The van der Waals surface area contributed by atoms with E-state index in [1.165, 1.54) is 0 Å². The van der Waals surface area contributed by atoms with Crippen LogP contribution >= 0.6 is 0 Å². The first kappa shape index (κ1) is 23.8. The average molecular weight is 479 g/mol. The predicted molar refractivity (Wildman–Crippen MR) is 134 cm³/mol. The molecule has 1 aliphatic rings. The monoisotopic (exact) mass is 478 g/mol. The Kier molecular flexibility index (Phi) is 6.41. The molecular weight excluding hydrogens is 448 g/mol. The van der Waals surface area contributed by atoms with Crippen LogP contribution in [-0.2, 0) is 14.8 Å². The summed E-state index contributed by atoms with van der Waals surface area (Å²) in [6.45, 7) is 7.51. The van der Waals surface area contributed by atoms with Crippen molar-refractivity contribution in [2.24, 2.45) is 0 Å². The highest BCUT2D eigenvalue weighted by molar-refractivity contribution is 7.92. The summed E-state index contributed by atoms with van der Waals surface area (Å²) in [5, 5.41) is 3.07. The van der Waals surface area contributed by atoms with E-state index < -0.39 is 15.6 Å². The van der Waals surface area contributed by atoms with Gasteiger partial charge in [0.15, 0.2) is 0 Å². The zero-order valence-corrected chi connectivity index (χ0v) is 20.7. The second kappa shape index (κ2) is 9.14.